The summed E-state index contributed by atoms with van der Waals surface area (Å²) < 4.78 is 13.3. The fourth-order valence-electron chi connectivity index (χ4n) is 2.63. The third-order valence-electron chi connectivity index (χ3n) is 3.80. The van der Waals surface area contributed by atoms with E-state index in [4.69, 9.17) is 0 Å². The summed E-state index contributed by atoms with van der Waals surface area (Å²) in [6.45, 7) is 1.68. The molecule has 1 aromatic carbocycles. The lowest BCUT2D eigenvalue weighted by molar-refractivity contribution is 0.0931. The second-order valence-electron chi connectivity index (χ2n) is 5.82. The highest BCUT2D eigenvalue weighted by atomic mass is 19.1. The molecule has 0 saturated heterocycles. The lowest BCUT2D eigenvalue weighted by Gasteiger charge is -2.19. The van der Waals surface area contributed by atoms with Crippen LogP contribution in [0.15, 0.2) is 59.5 Å². The van der Waals surface area contributed by atoms with Crippen LogP contribution < -0.4 is 10.9 Å². The van der Waals surface area contributed by atoms with E-state index in [0.29, 0.717) is 17.1 Å². The van der Waals surface area contributed by atoms with Crippen LogP contribution in [-0.4, -0.2) is 20.9 Å². The molecule has 0 fully saturated rings. The zero-order valence-electron chi connectivity index (χ0n) is 14.1. The highest BCUT2D eigenvalue weighted by molar-refractivity contribution is 5.92. The third kappa shape index (κ3) is 4.38. The molecule has 2 N–H and O–H groups in total. The molecule has 3 rings (SSSR count). The molecule has 26 heavy (non-hydrogen) atoms. The zero-order chi connectivity index (χ0) is 18.5. The van der Waals surface area contributed by atoms with Crippen molar-refractivity contribution in [3.63, 3.8) is 0 Å². The van der Waals surface area contributed by atoms with Gasteiger partial charge in [0.25, 0.3) is 11.5 Å². The molecule has 3 aromatic rings. The van der Waals surface area contributed by atoms with E-state index < -0.39 is 6.04 Å². The molecular formula is C19H17FN4O2. The first-order valence-corrected chi connectivity index (χ1v) is 8.05. The van der Waals surface area contributed by atoms with Crippen LogP contribution in [0.5, 0.6) is 0 Å². The molecule has 2 aromatic heterocycles. The molecule has 0 aliphatic carbocycles. The molecule has 0 aliphatic heterocycles. The van der Waals surface area contributed by atoms with Crippen molar-refractivity contribution < 1.29 is 9.18 Å². The third-order valence-corrected chi connectivity index (χ3v) is 3.80. The van der Waals surface area contributed by atoms with Crippen molar-refractivity contribution in [3.05, 3.63) is 93.7 Å². The number of rotatable bonds is 5. The van der Waals surface area contributed by atoms with Gasteiger partial charge in [0.2, 0.25) is 0 Å². The number of carbonyl (C=O) groups excluding carboxylic acids is 1. The average Bonchev–Trinajstić information content (AvgIpc) is 2.61. The maximum atomic E-state index is 13.3. The van der Waals surface area contributed by atoms with Gasteiger partial charge in [-0.25, -0.2) is 9.37 Å². The summed E-state index contributed by atoms with van der Waals surface area (Å²) in [7, 11) is 0. The van der Waals surface area contributed by atoms with Crippen LogP contribution in [-0.2, 0) is 6.42 Å². The summed E-state index contributed by atoms with van der Waals surface area (Å²) in [5, 5.41) is 2.88. The number of pyridine rings is 1. The summed E-state index contributed by atoms with van der Waals surface area (Å²) in [5.74, 6) is -0.239. The number of hydrogen-bond donors (Lipinski definition) is 2. The SMILES string of the molecule is Cc1nc(C[C@@H](NC(=O)c2ccccn2)c2ccc(F)cc2)cc(=O)[nH]1. The fourth-order valence-corrected chi connectivity index (χ4v) is 2.63. The monoisotopic (exact) mass is 352 g/mol. The Hall–Kier alpha value is -3.35. The molecule has 0 spiro atoms. The standard InChI is InChI=1S/C19H17FN4O2/c1-12-22-15(11-18(25)23-12)10-17(13-5-7-14(20)8-6-13)24-19(26)16-4-2-3-9-21-16/h2-9,11,17H,10H2,1H3,(H,24,26)(H,22,23,25)/t17-/m1/s1. The first-order valence-electron chi connectivity index (χ1n) is 8.05. The Morgan fingerprint density at radius 2 is 2.00 bits per heavy atom. The Morgan fingerprint density at radius 3 is 2.65 bits per heavy atom. The molecule has 6 nitrogen and oxygen atoms in total. The van der Waals surface area contributed by atoms with Crippen molar-refractivity contribution in [2.24, 2.45) is 0 Å². The maximum absolute atomic E-state index is 13.3. The first kappa shape index (κ1) is 17.5. The molecule has 1 atom stereocenters. The van der Waals surface area contributed by atoms with Gasteiger partial charge in [-0.05, 0) is 36.8 Å². The van der Waals surface area contributed by atoms with Crippen molar-refractivity contribution >= 4 is 5.91 Å². The minimum Gasteiger partial charge on any atom is -0.344 e. The summed E-state index contributed by atoms with van der Waals surface area (Å²) in [5.41, 5.74) is 1.24. The van der Waals surface area contributed by atoms with E-state index >= 15 is 0 Å². The number of amides is 1. The number of nitrogens with one attached hydrogen (secondary N) is 2. The van der Waals surface area contributed by atoms with Gasteiger partial charge in [-0.2, -0.15) is 0 Å². The first-order chi connectivity index (χ1) is 12.5. The van der Waals surface area contributed by atoms with Gasteiger partial charge >= 0.3 is 0 Å². The summed E-state index contributed by atoms with van der Waals surface area (Å²) in [6.07, 6.45) is 1.82. The number of carbonyl (C=O) groups is 1. The van der Waals surface area contributed by atoms with Crippen LogP contribution in [0.4, 0.5) is 4.39 Å². The fraction of sp³-hybridized carbons (Fsp3) is 0.158. The van der Waals surface area contributed by atoms with Gasteiger partial charge in [-0.15, -0.1) is 0 Å². The number of halogens is 1. The quantitative estimate of drug-likeness (QED) is 0.738. The van der Waals surface area contributed by atoms with Crippen molar-refractivity contribution in [2.45, 2.75) is 19.4 Å². The topological polar surface area (TPSA) is 87.7 Å². The van der Waals surface area contributed by atoms with Gasteiger partial charge in [0.1, 0.15) is 17.3 Å². The molecule has 0 bridgehead atoms. The number of aryl methyl sites for hydroxylation is 1. The molecule has 0 saturated carbocycles. The van der Waals surface area contributed by atoms with Crippen LogP contribution in [0, 0.1) is 12.7 Å². The zero-order valence-corrected chi connectivity index (χ0v) is 14.1. The lowest BCUT2D eigenvalue weighted by atomic mass is 10.0. The van der Waals surface area contributed by atoms with Crippen LogP contribution in [0.2, 0.25) is 0 Å². The van der Waals surface area contributed by atoms with E-state index in [0.717, 1.165) is 0 Å². The average molecular weight is 352 g/mol. The highest BCUT2D eigenvalue weighted by Gasteiger charge is 2.18. The minimum absolute atomic E-state index is 0.263. The molecular weight excluding hydrogens is 335 g/mol. The minimum atomic E-state index is -0.487. The van der Waals surface area contributed by atoms with Crippen molar-refractivity contribution in [2.75, 3.05) is 0 Å². The second-order valence-corrected chi connectivity index (χ2v) is 5.82. The summed E-state index contributed by atoms with van der Waals surface area (Å²) in [4.78, 5) is 35.1. The molecule has 0 radical (unpaired) electrons. The van der Waals surface area contributed by atoms with Gasteiger partial charge in [0.15, 0.2) is 0 Å². The summed E-state index contributed by atoms with van der Waals surface area (Å²) in [6, 6.07) is 11.8. The predicted octanol–water partition coefficient (Wildman–Crippen LogP) is 2.33. The van der Waals surface area contributed by atoms with Gasteiger partial charge in [-0.1, -0.05) is 18.2 Å². The molecule has 1 amide bonds. The smallest absolute Gasteiger partial charge is 0.270 e. The van der Waals surface area contributed by atoms with Gasteiger partial charge < -0.3 is 10.3 Å². The van der Waals surface area contributed by atoms with Crippen molar-refractivity contribution in [1.82, 2.24) is 20.3 Å². The highest BCUT2D eigenvalue weighted by Crippen LogP contribution is 2.18. The predicted molar refractivity (Wildman–Crippen MR) is 94.1 cm³/mol. The Balaban J connectivity index is 1.89. The Bertz CT molecular complexity index is 955. The van der Waals surface area contributed by atoms with Crippen molar-refractivity contribution in [1.29, 1.82) is 0 Å². The van der Waals surface area contributed by atoms with Crippen LogP contribution in [0.25, 0.3) is 0 Å². The van der Waals surface area contributed by atoms with Gasteiger partial charge in [-0.3, -0.25) is 14.6 Å². The van der Waals surface area contributed by atoms with E-state index in [2.05, 4.69) is 20.3 Å². The molecule has 0 aliphatic rings. The number of H-pyrrole nitrogens is 1. The van der Waals surface area contributed by atoms with Crippen LogP contribution >= 0.6 is 0 Å². The van der Waals surface area contributed by atoms with Crippen molar-refractivity contribution in [3.8, 4) is 0 Å². The van der Waals surface area contributed by atoms with Crippen LogP contribution in [0.3, 0.4) is 0 Å². The number of aromatic amines is 1. The number of nitrogens with zero attached hydrogens (tertiary/aromatic N) is 2. The van der Waals surface area contributed by atoms with E-state index in [1.165, 1.54) is 24.4 Å². The summed E-state index contributed by atoms with van der Waals surface area (Å²) >= 11 is 0. The Kier molecular flexibility index (Phi) is 5.17. The molecule has 2 heterocycles. The molecule has 7 heteroatoms. The number of benzene rings is 1. The Morgan fingerprint density at radius 1 is 1.23 bits per heavy atom. The molecule has 132 valence electrons. The van der Waals surface area contributed by atoms with E-state index in [1.807, 2.05) is 0 Å². The van der Waals surface area contributed by atoms with Gasteiger partial charge in [0.05, 0.1) is 11.7 Å². The van der Waals surface area contributed by atoms with E-state index in [-0.39, 0.29) is 29.4 Å². The Labute approximate surface area is 149 Å². The van der Waals surface area contributed by atoms with E-state index in [1.54, 1.807) is 37.3 Å². The normalized spacial score (nSPS) is 11.8. The lowest BCUT2D eigenvalue weighted by Crippen LogP contribution is -2.31. The number of aromatic nitrogens is 3. The van der Waals surface area contributed by atoms with Crippen LogP contribution in [0.1, 0.15) is 33.6 Å². The van der Waals surface area contributed by atoms with E-state index in [9.17, 15) is 14.0 Å². The molecule has 0 unspecified atom stereocenters. The second kappa shape index (κ2) is 7.69. The largest absolute Gasteiger partial charge is 0.344 e. The van der Waals surface area contributed by atoms with Gasteiger partial charge in [0, 0.05) is 18.7 Å². The number of hydrogen-bond acceptors (Lipinski definition) is 4. The maximum Gasteiger partial charge on any atom is 0.270 e.